The van der Waals surface area contributed by atoms with Crippen LogP contribution in [0.2, 0.25) is 5.02 Å². The topological polar surface area (TPSA) is 59.1 Å². The molecular weight excluding hydrogens is 208 g/mol. The fourth-order valence-corrected chi connectivity index (χ4v) is 1.82. The molecule has 5 heteroatoms. The maximum absolute atomic E-state index is 8.74. The van der Waals surface area contributed by atoms with Crippen molar-refractivity contribution in [3.8, 4) is 0 Å². The summed E-state index contributed by atoms with van der Waals surface area (Å²) in [6, 6.07) is 1.67. The molecule has 0 radical (unpaired) electrons. The van der Waals surface area contributed by atoms with Gasteiger partial charge < -0.3 is 10.8 Å². The number of aliphatic hydroxyl groups is 1. The highest BCUT2D eigenvalue weighted by Gasteiger charge is 2.06. The highest BCUT2D eigenvalue weighted by molar-refractivity contribution is 7.98. The zero-order chi connectivity index (χ0) is 9.84. The Labute approximate surface area is 86.3 Å². The summed E-state index contributed by atoms with van der Waals surface area (Å²) in [5, 5.41) is 10.1. The minimum atomic E-state index is 0.0483. The zero-order valence-corrected chi connectivity index (χ0v) is 8.82. The van der Waals surface area contributed by atoms with Gasteiger partial charge in [-0.2, -0.15) is 0 Å². The molecule has 13 heavy (non-hydrogen) atoms. The lowest BCUT2D eigenvalue weighted by Crippen LogP contribution is -2.02. The van der Waals surface area contributed by atoms with Crippen LogP contribution < -0.4 is 5.73 Å². The number of aromatic nitrogens is 1. The molecule has 0 aliphatic carbocycles. The predicted octanol–water partition coefficient (Wildman–Crippen LogP) is 1.57. The number of thioether (sulfide) groups is 1. The second kappa shape index (κ2) is 4.69. The molecular formula is C8H11ClN2OS. The summed E-state index contributed by atoms with van der Waals surface area (Å²) in [7, 11) is 0. The minimum absolute atomic E-state index is 0.0483. The van der Waals surface area contributed by atoms with Crippen molar-refractivity contribution in [1.82, 2.24) is 4.98 Å². The number of aliphatic hydroxyl groups excluding tert-OH is 1. The Morgan fingerprint density at radius 2 is 2.38 bits per heavy atom. The minimum Gasteiger partial charge on any atom is -0.397 e. The number of rotatable bonds is 3. The second-order valence-electron chi connectivity index (χ2n) is 2.49. The van der Waals surface area contributed by atoms with Crippen LogP contribution in [0.3, 0.4) is 0 Å². The Morgan fingerprint density at radius 1 is 1.69 bits per heavy atom. The molecule has 1 aromatic heterocycles. The van der Waals surface area contributed by atoms with Crippen LogP contribution in [0.15, 0.2) is 11.1 Å². The van der Waals surface area contributed by atoms with E-state index in [1.165, 1.54) is 11.8 Å². The molecule has 1 aromatic rings. The molecule has 1 rings (SSSR count). The van der Waals surface area contributed by atoms with Crippen molar-refractivity contribution >= 4 is 29.1 Å². The molecule has 0 saturated heterocycles. The van der Waals surface area contributed by atoms with Crippen LogP contribution in [0.25, 0.3) is 0 Å². The molecule has 3 N–H and O–H groups in total. The van der Waals surface area contributed by atoms with Crippen molar-refractivity contribution in [3.63, 3.8) is 0 Å². The van der Waals surface area contributed by atoms with Gasteiger partial charge in [-0.3, -0.25) is 0 Å². The van der Waals surface area contributed by atoms with Gasteiger partial charge in [0.2, 0.25) is 0 Å². The van der Waals surface area contributed by atoms with Gasteiger partial charge in [-0.1, -0.05) is 11.6 Å². The summed E-state index contributed by atoms with van der Waals surface area (Å²) in [5.74, 6) is 0. The molecule has 0 atom stereocenters. The molecule has 0 aliphatic rings. The van der Waals surface area contributed by atoms with E-state index < -0.39 is 0 Å². The molecule has 0 spiro atoms. The van der Waals surface area contributed by atoms with Crippen molar-refractivity contribution < 1.29 is 5.11 Å². The van der Waals surface area contributed by atoms with Gasteiger partial charge in [0, 0.05) is 13.0 Å². The Hall–Kier alpha value is -0.450. The Balaban J connectivity index is 3.06. The van der Waals surface area contributed by atoms with Crippen LogP contribution in [0.1, 0.15) is 5.69 Å². The third kappa shape index (κ3) is 2.49. The molecule has 0 aromatic carbocycles. The third-order valence-electron chi connectivity index (χ3n) is 1.60. The quantitative estimate of drug-likeness (QED) is 0.757. The van der Waals surface area contributed by atoms with Gasteiger partial charge in [-0.25, -0.2) is 4.98 Å². The third-order valence-corrected chi connectivity index (χ3v) is 2.70. The van der Waals surface area contributed by atoms with E-state index >= 15 is 0 Å². The lowest BCUT2D eigenvalue weighted by Gasteiger charge is -2.06. The van der Waals surface area contributed by atoms with Gasteiger partial charge in [-0.15, -0.1) is 11.8 Å². The van der Waals surface area contributed by atoms with E-state index in [1.54, 1.807) is 6.07 Å². The summed E-state index contributed by atoms with van der Waals surface area (Å²) in [4.78, 5) is 4.23. The number of hydrogen-bond donors (Lipinski definition) is 2. The number of nitrogen functional groups attached to an aromatic ring is 1. The van der Waals surface area contributed by atoms with Crippen LogP contribution in [0.5, 0.6) is 0 Å². The van der Waals surface area contributed by atoms with Gasteiger partial charge in [-0.05, 0) is 12.3 Å². The maximum atomic E-state index is 8.74. The van der Waals surface area contributed by atoms with E-state index in [-0.39, 0.29) is 6.61 Å². The van der Waals surface area contributed by atoms with E-state index in [0.29, 0.717) is 22.8 Å². The SMILES string of the molecule is CSc1nc(CCO)c(N)cc1Cl. The normalized spacial score (nSPS) is 10.4. The molecule has 0 amide bonds. The summed E-state index contributed by atoms with van der Waals surface area (Å²) in [6.45, 7) is 0.0483. The Bertz CT molecular complexity index is 306. The fourth-order valence-electron chi connectivity index (χ4n) is 0.971. The van der Waals surface area contributed by atoms with Gasteiger partial charge >= 0.3 is 0 Å². The van der Waals surface area contributed by atoms with E-state index in [9.17, 15) is 0 Å². The molecule has 0 aliphatic heterocycles. The average molecular weight is 219 g/mol. The molecule has 0 bridgehead atoms. The highest BCUT2D eigenvalue weighted by Crippen LogP contribution is 2.26. The Kier molecular flexibility index (Phi) is 3.84. The van der Waals surface area contributed by atoms with Gasteiger partial charge in [0.1, 0.15) is 5.03 Å². The monoisotopic (exact) mass is 218 g/mol. The second-order valence-corrected chi connectivity index (χ2v) is 3.69. The van der Waals surface area contributed by atoms with Crippen molar-refractivity contribution in [2.75, 3.05) is 18.6 Å². The van der Waals surface area contributed by atoms with E-state index in [4.69, 9.17) is 22.4 Å². The Morgan fingerprint density at radius 3 is 2.92 bits per heavy atom. The van der Waals surface area contributed by atoms with Crippen LogP contribution in [-0.4, -0.2) is 23.0 Å². The van der Waals surface area contributed by atoms with Crippen LogP contribution in [-0.2, 0) is 6.42 Å². The first-order chi connectivity index (χ1) is 6.19. The predicted molar refractivity (Wildman–Crippen MR) is 56.2 cm³/mol. The van der Waals surface area contributed by atoms with Gasteiger partial charge in [0.25, 0.3) is 0 Å². The zero-order valence-electron chi connectivity index (χ0n) is 7.25. The van der Waals surface area contributed by atoms with Crippen LogP contribution >= 0.6 is 23.4 Å². The molecule has 0 fully saturated rings. The lowest BCUT2D eigenvalue weighted by atomic mass is 10.2. The first-order valence-electron chi connectivity index (χ1n) is 3.78. The highest BCUT2D eigenvalue weighted by atomic mass is 35.5. The van der Waals surface area contributed by atoms with E-state index in [2.05, 4.69) is 4.98 Å². The summed E-state index contributed by atoms with van der Waals surface area (Å²) >= 11 is 7.34. The number of halogens is 1. The first-order valence-corrected chi connectivity index (χ1v) is 5.39. The van der Waals surface area contributed by atoms with E-state index in [0.717, 1.165) is 5.03 Å². The summed E-state index contributed by atoms with van der Waals surface area (Å²) < 4.78 is 0. The number of pyridine rings is 1. The lowest BCUT2D eigenvalue weighted by molar-refractivity contribution is 0.298. The first kappa shape index (κ1) is 10.6. The molecule has 72 valence electrons. The van der Waals surface area contributed by atoms with Crippen molar-refractivity contribution in [3.05, 3.63) is 16.8 Å². The fraction of sp³-hybridized carbons (Fsp3) is 0.375. The number of nitrogens with two attached hydrogens (primary N) is 1. The largest absolute Gasteiger partial charge is 0.397 e. The van der Waals surface area contributed by atoms with Crippen molar-refractivity contribution in [1.29, 1.82) is 0 Å². The number of nitrogens with zero attached hydrogens (tertiary/aromatic N) is 1. The van der Waals surface area contributed by atoms with E-state index in [1.807, 2.05) is 6.26 Å². The molecule has 3 nitrogen and oxygen atoms in total. The van der Waals surface area contributed by atoms with Crippen LogP contribution in [0, 0.1) is 0 Å². The van der Waals surface area contributed by atoms with Crippen molar-refractivity contribution in [2.24, 2.45) is 0 Å². The van der Waals surface area contributed by atoms with Crippen molar-refractivity contribution in [2.45, 2.75) is 11.4 Å². The molecule has 0 saturated carbocycles. The average Bonchev–Trinajstić information content (AvgIpc) is 2.10. The smallest absolute Gasteiger partial charge is 0.115 e. The summed E-state index contributed by atoms with van der Waals surface area (Å²) in [5.41, 5.74) is 6.91. The standard InChI is InChI=1S/C8H11ClN2OS/c1-13-8-5(9)4-6(10)7(11-8)2-3-12/h4,12H,2-3,10H2,1H3. The van der Waals surface area contributed by atoms with Gasteiger partial charge in [0.15, 0.2) is 0 Å². The number of anilines is 1. The molecule has 0 unspecified atom stereocenters. The summed E-state index contributed by atoms with van der Waals surface area (Å²) in [6.07, 6.45) is 2.36. The maximum Gasteiger partial charge on any atom is 0.115 e. The van der Waals surface area contributed by atoms with Gasteiger partial charge in [0.05, 0.1) is 16.4 Å². The molecule has 1 heterocycles. The van der Waals surface area contributed by atoms with Crippen LogP contribution in [0.4, 0.5) is 5.69 Å². The number of hydrogen-bond acceptors (Lipinski definition) is 4.